The summed E-state index contributed by atoms with van der Waals surface area (Å²) in [6, 6.07) is 5.37. The summed E-state index contributed by atoms with van der Waals surface area (Å²) in [5, 5.41) is 18.4. The Morgan fingerprint density at radius 3 is 2.81 bits per heavy atom. The van der Waals surface area contributed by atoms with Crippen LogP contribution >= 0.6 is 0 Å². The van der Waals surface area contributed by atoms with E-state index in [0.29, 0.717) is 18.7 Å². The molecule has 0 bridgehead atoms. The molecule has 2 aromatic rings. The van der Waals surface area contributed by atoms with Crippen LogP contribution in [0.1, 0.15) is 36.8 Å². The number of rotatable bonds is 6. The molecular formula is C14H19N5O2. The van der Waals surface area contributed by atoms with Crippen LogP contribution in [0.4, 0.5) is 5.69 Å². The summed E-state index contributed by atoms with van der Waals surface area (Å²) in [4.78, 5) is 14.8. The van der Waals surface area contributed by atoms with Crippen molar-refractivity contribution in [1.29, 1.82) is 0 Å². The van der Waals surface area contributed by atoms with Crippen LogP contribution in [0.5, 0.6) is 0 Å². The molecule has 7 nitrogen and oxygen atoms in total. The first-order valence-electron chi connectivity index (χ1n) is 6.82. The molecule has 1 N–H and O–H groups in total. The van der Waals surface area contributed by atoms with Crippen molar-refractivity contribution >= 4 is 5.69 Å². The number of nitro groups is 1. The molecule has 1 aromatic carbocycles. The van der Waals surface area contributed by atoms with Crippen LogP contribution in [-0.2, 0) is 13.1 Å². The predicted molar refractivity (Wildman–Crippen MR) is 78.8 cm³/mol. The van der Waals surface area contributed by atoms with Crippen LogP contribution in [0.25, 0.3) is 0 Å². The van der Waals surface area contributed by atoms with Gasteiger partial charge < -0.3 is 5.32 Å². The lowest BCUT2D eigenvalue weighted by Gasteiger charge is -2.11. The molecule has 0 atom stereocenters. The van der Waals surface area contributed by atoms with E-state index in [-0.39, 0.29) is 16.7 Å². The Morgan fingerprint density at radius 2 is 2.14 bits per heavy atom. The van der Waals surface area contributed by atoms with Crippen LogP contribution < -0.4 is 5.32 Å². The Hall–Kier alpha value is -2.28. The van der Waals surface area contributed by atoms with Crippen molar-refractivity contribution in [3.63, 3.8) is 0 Å². The largest absolute Gasteiger partial charge is 0.306 e. The highest BCUT2D eigenvalue weighted by atomic mass is 16.6. The molecule has 21 heavy (non-hydrogen) atoms. The number of benzene rings is 1. The maximum atomic E-state index is 10.9. The molecule has 7 heteroatoms. The highest BCUT2D eigenvalue weighted by molar-refractivity contribution is 5.44. The molecule has 112 valence electrons. The molecule has 0 amide bonds. The number of nitrogens with one attached hydrogen (secondary N) is 1. The number of hydrogen-bond acceptors (Lipinski definition) is 5. The second-order valence-corrected chi connectivity index (χ2v) is 5.14. The van der Waals surface area contributed by atoms with E-state index in [2.05, 4.69) is 15.4 Å². The zero-order valence-electron chi connectivity index (χ0n) is 12.4. The van der Waals surface area contributed by atoms with Gasteiger partial charge in [-0.25, -0.2) is 9.67 Å². The second-order valence-electron chi connectivity index (χ2n) is 5.14. The molecule has 2 rings (SSSR count). The SMILES string of the molecule is Cc1c(CNCc2ncnn2C(C)C)cccc1[N+](=O)[O-]. The van der Waals surface area contributed by atoms with Gasteiger partial charge in [-0.15, -0.1) is 0 Å². The fraction of sp³-hybridized carbons (Fsp3) is 0.429. The molecule has 0 aliphatic heterocycles. The minimum Gasteiger partial charge on any atom is -0.306 e. The maximum absolute atomic E-state index is 10.9. The van der Waals surface area contributed by atoms with E-state index in [0.717, 1.165) is 11.4 Å². The van der Waals surface area contributed by atoms with Gasteiger partial charge in [-0.2, -0.15) is 5.10 Å². The van der Waals surface area contributed by atoms with Crippen molar-refractivity contribution in [2.75, 3.05) is 0 Å². The molecule has 0 radical (unpaired) electrons. The zero-order valence-corrected chi connectivity index (χ0v) is 12.4. The van der Waals surface area contributed by atoms with Crippen molar-refractivity contribution in [3.05, 3.63) is 51.6 Å². The molecule has 0 fully saturated rings. The minimum atomic E-state index is -0.353. The molecule has 0 aliphatic rings. The average molecular weight is 289 g/mol. The minimum absolute atomic E-state index is 0.152. The Balaban J connectivity index is 2.02. The van der Waals surface area contributed by atoms with Gasteiger partial charge in [-0.1, -0.05) is 12.1 Å². The number of aromatic nitrogens is 3. The van der Waals surface area contributed by atoms with Gasteiger partial charge in [-0.05, 0) is 26.3 Å². The maximum Gasteiger partial charge on any atom is 0.272 e. The summed E-state index contributed by atoms with van der Waals surface area (Å²) in [5.74, 6) is 0.855. The van der Waals surface area contributed by atoms with Crippen molar-refractivity contribution < 1.29 is 4.92 Å². The standard InChI is InChI=1S/C14H19N5O2/c1-10(2)18-14(16-9-17-18)8-15-7-12-5-4-6-13(11(12)3)19(20)21/h4-6,9-10,15H,7-8H2,1-3H3. The summed E-state index contributed by atoms with van der Waals surface area (Å²) >= 11 is 0. The van der Waals surface area contributed by atoms with Gasteiger partial charge in [0.1, 0.15) is 12.2 Å². The molecule has 0 unspecified atom stereocenters. The summed E-state index contributed by atoms with van der Waals surface area (Å²) in [6.07, 6.45) is 1.54. The highest BCUT2D eigenvalue weighted by Crippen LogP contribution is 2.20. The summed E-state index contributed by atoms with van der Waals surface area (Å²) in [6.45, 7) is 6.98. The Bertz CT molecular complexity index is 636. The number of nitrogens with zero attached hydrogens (tertiary/aromatic N) is 4. The highest BCUT2D eigenvalue weighted by Gasteiger charge is 2.13. The molecule has 0 saturated carbocycles. The lowest BCUT2D eigenvalue weighted by Crippen LogP contribution is -2.18. The van der Waals surface area contributed by atoms with Crippen molar-refractivity contribution in [3.8, 4) is 0 Å². The van der Waals surface area contributed by atoms with Crippen LogP contribution in [0.2, 0.25) is 0 Å². The van der Waals surface area contributed by atoms with Crippen molar-refractivity contribution in [1.82, 2.24) is 20.1 Å². The molecule has 0 spiro atoms. The summed E-state index contributed by atoms with van der Waals surface area (Å²) < 4.78 is 1.85. The summed E-state index contributed by atoms with van der Waals surface area (Å²) in [7, 11) is 0. The van der Waals surface area contributed by atoms with Gasteiger partial charge in [0.25, 0.3) is 5.69 Å². The normalized spacial score (nSPS) is 11.0. The number of hydrogen-bond donors (Lipinski definition) is 1. The van der Waals surface area contributed by atoms with Crippen molar-refractivity contribution in [2.24, 2.45) is 0 Å². The van der Waals surface area contributed by atoms with E-state index in [4.69, 9.17) is 0 Å². The molecular weight excluding hydrogens is 270 g/mol. The van der Waals surface area contributed by atoms with Gasteiger partial charge in [0.05, 0.1) is 11.5 Å². The van der Waals surface area contributed by atoms with Gasteiger partial charge in [-0.3, -0.25) is 10.1 Å². The zero-order chi connectivity index (χ0) is 15.4. The van der Waals surface area contributed by atoms with Crippen LogP contribution in [-0.4, -0.2) is 19.7 Å². The fourth-order valence-corrected chi connectivity index (χ4v) is 2.20. The predicted octanol–water partition coefficient (Wildman–Crippen LogP) is 2.37. The first-order chi connectivity index (χ1) is 10.0. The van der Waals surface area contributed by atoms with Crippen LogP contribution in [0.3, 0.4) is 0 Å². The Labute approximate surface area is 123 Å². The lowest BCUT2D eigenvalue weighted by atomic mass is 10.1. The van der Waals surface area contributed by atoms with Crippen LogP contribution in [0.15, 0.2) is 24.5 Å². The van der Waals surface area contributed by atoms with E-state index in [1.54, 1.807) is 13.0 Å². The van der Waals surface area contributed by atoms with Gasteiger partial charge in [0, 0.05) is 24.2 Å². The Morgan fingerprint density at radius 1 is 1.38 bits per heavy atom. The second kappa shape index (κ2) is 6.45. The van der Waals surface area contributed by atoms with Gasteiger partial charge >= 0.3 is 0 Å². The first-order valence-corrected chi connectivity index (χ1v) is 6.82. The third-order valence-corrected chi connectivity index (χ3v) is 3.35. The number of nitro benzene ring substituents is 1. The molecule has 0 aliphatic carbocycles. The monoisotopic (exact) mass is 289 g/mol. The van der Waals surface area contributed by atoms with Crippen LogP contribution in [0, 0.1) is 17.0 Å². The van der Waals surface area contributed by atoms with Gasteiger partial charge in [0.2, 0.25) is 0 Å². The third kappa shape index (κ3) is 3.43. The third-order valence-electron chi connectivity index (χ3n) is 3.35. The van der Waals surface area contributed by atoms with E-state index >= 15 is 0 Å². The van der Waals surface area contributed by atoms with E-state index < -0.39 is 0 Å². The smallest absolute Gasteiger partial charge is 0.272 e. The average Bonchev–Trinajstić information content (AvgIpc) is 2.89. The first kappa shape index (κ1) is 15.1. The lowest BCUT2D eigenvalue weighted by molar-refractivity contribution is -0.385. The quantitative estimate of drug-likeness (QED) is 0.651. The van der Waals surface area contributed by atoms with Crippen molar-refractivity contribution in [2.45, 2.75) is 39.9 Å². The molecule has 1 aromatic heterocycles. The van der Waals surface area contributed by atoms with E-state index in [1.165, 1.54) is 12.4 Å². The Kier molecular flexibility index (Phi) is 4.64. The molecule has 0 saturated heterocycles. The summed E-state index contributed by atoms with van der Waals surface area (Å²) in [5.41, 5.74) is 1.76. The fourth-order valence-electron chi connectivity index (χ4n) is 2.20. The topological polar surface area (TPSA) is 85.9 Å². The van der Waals surface area contributed by atoms with Gasteiger partial charge in [0.15, 0.2) is 0 Å². The molecule has 1 heterocycles. The van der Waals surface area contributed by atoms with E-state index in [9.17, 15) is 10.1 Å². The van der Waals surface area contributed by atoms with E-state index in [1.807, 2.05) is 24.6 Å².